The molecule has 23 heavy (non-hydrogen) atoms. The Morgan fingerprint density at radius 2 is 1.87 bits per heavy atom. The van der Waals surface area contributed by atoms with E-state index in [1.54, 1.807) is 20.3 Å². The van der Waals surface area contributed by atoms with Crippen LogP contribution < -0.4 is 14.8 Å². The third-order valence-corrected chi connectivity index (χ3v) is 3.64. The minimum Gasteiger partial charge on any atom is -0.497 e. The summed E-state index contributed by atoms with van der Waals surface area (Å²) in [4.78, 5) is 16.8. The van der Waals surface area contributed by atoms with Crippen LogP contribution in [-0.4, -0.2) is 25.1 Å². The number of carbonyl (C=O) groups is 1. The van der Waals surface area contributed by atoms with Crippen molar-refractivity contribution in [3.63, 3.8) is 0 Å². The van der Waals surface area contributed by atoms with Crippen LogP contribution in [-0.2, 0) is 11.2 Å². The molecule has 122 valence electrons. The predicted molar refractivity (Wildman–Crippen MR) is 90.3 cm³/mol. The molecule has 0 saturated carbocycles. The van der Waals surface area contributed by atoms with Crippen LogP contribution in [0.25, 0.3) is 0 Å². The molecular formula is C18H22N2O3. The van der Waals surface area contributed by atoms with E-state index in [1.165, 1.54) is 0 Å². The molecule has 0 spiro atoms. The van der Waals surface area contributed by atoms with Gasteiger partial charge in [-0.3, -0.25) is 9.78 Å². The first kappa shape index (κ1) is 16.8. The van der Waals surface area contributed by atoms with Gasteiger partial charge in [-0.2, -0.15) is 0 Å². The number of hydrogen-bond acceptors (Lipinski definition) is 4. The second kappa shape index (κ2) is 7.13. The van der Waals surface area contributed by atoms with Crippen molar-refractivity contribution in [1.82, 2.24) is 4.98 Å². The molecule has 0 fully saturated rings. The zero-order valence-corrected chi connectivity index (χ0v) is 14.2. The number of nitrogens with zero attached hydrogens (tertiary/aromatic N) is 1. The molecule has 1 N–H and O–H groups in total. The van der Waals surface area contributed by atoms with E-state index in [4.69, 9.17) is 9.47 Å². The van der Waals surface area contributed by atoms with E-state index in [2.05, 4.69) is 10.3 Å². The van der Waals surface area contributed by atoms with Crippen LogP contribution in [0.4, 0.5) is 5.69 Å². The molecule has 5 nitrogen and oxygen atoms in total. The van der Waals surface area contributed by atoms with E-state index < -0.39 is 0 Å². The van der Waals surface area contributed by atoms with Crippen molar-refractivity contribution in [1.29, 1.82) is 0 Å². The highest BCUT2D eigenvalue weighted by Gasteiger charge is 2.13. The van der Waals surface area contributed by atoms with Crippen molar-refractivity contribution in [3.8, 4) is 11.5 Å². The lowest BCUT2D eigenvalue weighted by Crippen LogP contribution is -2.17. The molecule has 2 rings (SSSR count). The SMILES string of the molecule is COc1ccc(CC(=O)Nc2c(C)cc(C)nc2C)c(OC)c1. The molecule has 1 heterocycles. The number of pyridine rings is 1. The van der Waals surface area contributed by atoms with E-state index in [-0.39, 0.29) is 12.3 Å². The number of rotatable bonds is 5. The lowest BCUT2D eigenvalue weighted by Gasteiger charge is -2.13. The normalized spacial score (nSPS) is 10.3. The monoisotopic (exact) mass is 314 g/mol. The van der Waals surface area contributed by atoms with Crippen molar-refractivity contribution in [2.75, 3.05) is 19.5 Å². The Bertz CT molecular complexity index is 703. The number of amides is 1. The Kier molecular flexibility index (Phi) is 5.21. The van der Waals surface area contributed by atoms with Crippen molar-refractivity contribution in [3.05, 3.63) is 46.8 Å². The van der Waals surface area contributed by atoms with Crippen LogP contribution in [0.3, 0.4) is 0 Å². The number of anilines is 1. The standard InChI is InChI=1S/C18H22N2O3/c1-11-8-12(2)19-13(3)18(11)20-17(21)9-14-6-7-15(22-4)10-16(14)23-5/h6-8,10H,9H2,1-5H3,(H,20,21). The van der Waals surface area contributed by atoms with Gasteiger partial charge in [-0.1, -0.05) is 6.07 Å². The fourth-order valence-corrected chi connectivity index (χ4v) is 2.57. The van der Waals surface area contributed by atoms with E-state index in [0.717, 1.165) is 28.2 Å². The summed E-state index contributed by atoms with van der Waals surface area (Å²) in [6.07, 6.45) is 0.222. The number of aryl methyl sites for hydroxylation is 3. The summed E-state index contributed by atoms with van der Waals surface area (Å²) in [5, 5.41) is 2.95. The van der Waals surface area contributed by atoms with Crippen LogP contribution in [0.5, 0.6) is 11.5 Å². The molecule has 1 aromatic heterocycles. The molecule has 0 radical (unpaired) electrons. The molecule has 0 bridgehead atoms. The van der Waals surface area contributed by atoms with Gasteiger partial charge in [-0.15, -0.1) is 0 Å². The first-order chi connectivity index (χ1) is 10.9. The summed E-state index contributed by atoms with van der Waals surface area (Å²) in [6, 6.07) is 7.38. The number of methoxy groups -OCH3 is 2. The van der Waals surface area contributed by atoms with Crippen molar-refractivity contribution < 1.29 is 14.3 Å². The second-order valence-electron chi connectivity index (χ2n) is 5.44. The minimum absolute atomic E-state index is 0.106. The number of nitrogens with one attached hydrogen (secondary N) is 1. The highest BCUT2D eigenvalue weighted by molar-refractivity contribution is 5.93. The number of aromatic nitrogens is 1. The number of benzene rings is 1. The van der Waals surface area contributed by atoms with Gasteiger partial charge in [0.15, 0.2) is 0 Å². The van der Waals surface area contributed by atoms with E-state index in [0.29, 0.717) is 11.5 Å². The smallest absolute Gasteiger partial charge is 0.228 e. The van der Waals surface area contributed by atoms with Gasteiger partial charge >= 0.3 is 0 Å². The summed E-state index contributed by atoms with van der Waals surface area (Å²) < 4.78 is 10.5. The zero-order chi connectivity index (χ0) is 17.0. The first-order valence-corrected chi connectivity index (χ1v) is 7.40. The lowest BCUT2D eigenvalue weighted by molar-refractivity contribution is -0.115. The minimum atomic E-state index is -0.106. The average molecular weight is 314 g/mol. The Morgan fingerprint density at radius 3 is 2.48 bits per heavy atom. The van der Waals surface area contributed by atoms with Gasteiger partial charge in [-0.05, 0) is 38.5 Å². The fraction of sp³-hybridized carbons (Fsp3) is 0.333. The van der Waals surface area contributed by atoms with Gasteiger partial charge in [0.1, 0.15) is 11.5 Å². The van der Waals surface area contributed by atoms with Crippen LogP contribution >= 0.6 is 0 Å². The van der Waals surface area contributed by atoms with Crippen molar-refractivity contribution in [2.24, 2.45) is 0 Å². The predicted octanol–water partition coefficient (Wildman–Crippen LogP) is 3.21. The third-order valence-electron chi connectivity index (χ3n) is 3.64. The second-order valence-corrected chi connectivity index (χ2v) is 5.44. The molecule has 0 saturated heterocycles. The van der Waals surface area contributed by atoms with Crippen molar-refractivity contribution >= 4 is 11.6 Å². The Hall–Kier alpha value is -2.56. The fourth-order valence-electron chi connectivity index (χ4n) is 2.57. The van der Waals surface area contributed by atoms with Gasteiger partial charge in [0.2, 0.25) is 5.91 Å². The van der Waals surface area contributed by atoms with Gasteiger partial charge in [0.05, 0.1) is 32.0 Å². The molecule has 1 aromatic carbocycles. The topological polar surface area (TPSA) is 60.5 Å². The van der Waals surface area contributed by atoms with Gasteiger partial charge in [0, 0.05) is 17.3 Å². The zero-order valence-electron chi connectivity index (χ0n) is 14.2. The van der Waals surface area contributed by atoms with Crippen LogP contribution in [0.2, 0.25) is 0 Å². The molecule has 1 amide bonds. The highest BCUT2D eigenvalue weighted by Crippen LogP contribution is 2.26. The lowest BCUT2D eigenvalue weighted by atomic mass is 10.1. The summed E-state index contributed by atoms with van der Waals surface area (Å²) in [7, 11) is 3.17. The van der Waals surface area contributed by atoms with E-state index >= 15 is 0 Å². The largest absolute Gasteiger partial charge is 0.497 e. The van der Waals surface area contributed by atoms with Crippen LogP contribution in [0.1, 0.15) is 22.5 Å². The summed E-state index contributed by atoms with van der Waals surface area (Å²) in [5.74, 6) is 1.22. The molecular weight excluding hydrogens is 292 g/mol. The Labute approximate surface area is 136 Å². The third kappa shape index (κ3) is 4.00. The van der Waals surface area contributed by atoms with Crippen molar-refractivity contribution in [2.45, 2.75) is 27.2 Å². The average Bonchev–Trinajstić information content (AvgIpc) is 2.51. The van der Waals surface area contributed by atoms with E-state index in [1.807, 2.05) is 39.0 Å². The van der Waals surface area contributed by atoms with Gasteiger partial charge < -0.3 is 14.8 Å². The maximum Gasteiger partial charge on any atom is 0.228 e. The number of ether oxygens (including phenoxy) is 2. The molecule has 0 aliphatic carbocycles. The maximum atomic E-state index is 12.4. The molecule has 0 unspecified atom stereocenters. The molecule has 0 aliphatic heterocycles. The maximum absolute atomic E-state index is 12.4. The van der Waals surface area contributed by atoms with Crippen LogP contribution in [0, 0.1) is 20.8 Å². The van der Waals surface area contributed by atoms with Gasteiger partial charge in [-0.25, -0.2) is 0 Å². The molecule has 0 atom stereocenters. The van der Waals surface area contributed by atoms with Gasteiger partial charge in [0.25, 0.3) is 0 Å². The summed E-state index contributed by atoms with van der Waals surface area (Å²) in [5.41, 5.74) is 4.34. The quantitative estimate of drug-likeness (QED) is 0.920. The number of carbonyl (C=O) groups excluding carboxylic acids is 1. The molecule has 2 aromatic rings. The van der Waals surface area contributed by atoms with E-state index in [9.17, 15) is 4.79 Å². The highest BCUT2D eigenvalue weighted by atomic mass is 16.5. The van der Waals surface area contributed by atoms with Crippen LogP contribution in [0.15, 0.2) is 24.3 Å². The first-order valence-electron chi connectivity index (χ1n) is 7.40. The molecule has 5 heteroatoms. The Balaban J connectivity index is 2.17. The Morgan fingerprint density at radius 1 is 1.13 bits per heavy atom. The summed E-state index contributed by atoms with van der Waals surface area (Å²) >= 11 is 0. The molecule has 0 aliphatic rings. The number of hydrogen-bond donors (Lipinski definition) is 1. The summed E-state index contributed by atoms with van der Waals surface area (Å²) in [6.45, 7) is 5.79.